The van der Waals surface area contributed by atoms with Crippen LogP contribution in [0.3, 0.4) is 0 Å². The van der Waals surface area contributed by atoms with E-state index in [4.69, 9.17) is 5.73 Å². The summed E-state index contributed by atoms with van der Waals surface area (Å²) in [5.41, 5.74) is 5.34. The van der Waals surface area contributed by atoms with E-state index in [0.717, 1.165) is 18.2 Å². The molecule has 0 aliphatic rings. The highest BCUT2D eigenvalue weighted by molar-refractivity contribution is 7.85. The molecule has 0 saturated heterocycles. The van der Waals surface area contributed by atoms with Gasteiger partial charge in [-0.2, -0.15) is 0 Å². The maximum Gasteiger partial charge on any atom is 0.223 e. The number of carbonyl (C=O) groups excluding carboxylic acids is 1. The Morgan fingerprint density at radius 3 is 2.75 bits per heavy atom. The van der Waals surface area contributed by atoms with Crippen LogP contribution in [0.2, 0.25) is 0 Å². The third-order valence-corrected chi connectivity index (χ3v) is 4.14. The van der Waals surface area contributed by atoms with E-state index in [1.165, 1.54) is 4.90 Å². The lowest BCUT2D eigenvalue weighted by Gasteiger charge is -2.16. The van der Waals surface area contributed by atoms with Crippen LogP contribution < -0.4 is 5.73 Å². The fourth-order valence-electron chi connectivity index (χ4n) is 1.59. The summed E-state index contributed by atoms with van der Waals surface area (Å²) in [6, 6.07) is 2.79. The van der Waals surface area contributed by atoms with Crippen molar-refractivity contribution in [3.05, 3.63) is 29.8 Å². The molecule has 0 spiro atoms. The van der Waals surface area contributed by atoms with Crippen LogP contribution in [0.25, 0.3) is 0 Å². The lowest BCUT2D eigenvalue weighted by atomic mass is 10.3. The van der Waals surface area contributed by atoms with Gasteiger partial charge in [0.05, 0.1) is 15.7 Å². The maximum atomic E-state index is 13.4. The van der Waals surface area contributed by atoms with E-state index in [1.54, 1.807) is 7.05 Å². The molecule has 0 fully saturated rings. The highest BCUT2D eigenvalue weighted by atomic mass is 32.2. The second kappa shape index (κ2) is 8.06. The van der Waals surface area contributed by atoms with Crippen molar-refractivity contribution in [1.82, 2.24) is 4.90 Å². The Labute approximate surface area is 119 Å². The molecule has 1 amide bonds. The van der Waals surface area contributed by atoms with Crippen LogP contribution in [0.1, 0.15) is 12.8 Å². The van der Waals surface area contributed by atoms with Crippen molar-refractivity contribution in [2.24, 2.45) is 5.73 Å². The van der Waals surface area contributed by atoms with E-state index in [1.807, 2.05) is 0 Å². The second-order valence-corrected chi connectivity index (χ2v) is 5.87. The topological polar surface area (TPSA) is 63.4 Å². The number of rotatable bonds is 7. The van der Waals surface area contributed by atoms with Crippen LogP contribution in [0.15, 0.2) is 23.1 Å². The molecule has 0 aliphatic carbocycles. The third-order valence-electron chi connectivity index (χ3n) is 2.76. The first-order valence-electron chi connectivity index (χ1n) is 6.23. The van der Waals surface area contributed by atoms with Gasteiger partial charge in [-0.3, -0.25) is 9.00 Å². The lowest BCUT2D eigenvalue weighted by molar-refractivity contribution is -0.129. The van der Waals surface area contributed by atoms with E-state index in [9.17, 15) is 17.8 Å². The summed E-state index contributed by atoms with van der Waals surface area (Å²) >= 11 is 0. The number of hydrogen-bond acceptors (Lipinski definition) is 3. The van der Waals surface area contributed by atoms with Crippen LogP contribution in [-0.4, -0.2) is 40.9 Å². The molecule has 1 atom stereocenters. The average Bonchev–Trinajstić information content (AvgIpc) is 2.44. The molecule has 112 valence electrons. The highest BCUT2D eigenvalue weighted by Gasteiger charge is 2.15. The summed E-state index contributed by atoms with van der Waals surface area (Å²) in [6.07, 6.45) is 0.702. The summed E-state index contributed by atoms with van der Waals surface area (Å²) in [5.74, 6) is -1.61. The molecule has 0 aliphatic heterocycles. The fourth-order valence-corrected chi connectivity index (χ4v) is 2.70. The normalized spacial score (nSPS) is 12.2. The first-order chi connectivity index (χ1) is 9.45. The Balaban J connectivity index is 2.55. The molecular weight excluding hydrogens is 286 g/mol. The Kier molecular flexibility index (Phi) is 6.74. The van der Waals surface area contributed by atoms with Gasteiger partial charge < -0.3 is 10.6 Å². The fraction of sp³-hybridized carbons (Fsp3) is 0.462. The maximum absolute atomic E-state index is 13.4. The summed E-state index contributed by atoms with van der Waals surface area (Å²) in [4.78, 5) is 13.0. The molecule has 1 unspecified atom stereocenters. The van der Waals surface area contributed by atoms with E-state index in [-0.39, 0.29) is 23.0 Å². The number of amides is 1. The molecule has 0 saturated carbocycles. The molecule has 0 bridgehead atoms. The average molecular weight is 304 g/mol. The lowest BCUT2D eigenvalue weighted by Crippen LogP contribution is -2.29. The van der Waals surface area contributed by atoms with Gasteiger partial charge in [-0.25, -0.2) is 8.78 Å². The van der Waals surface area contributed by atoms with Gasteiger partial charge >= 0.3 is 0 Å². The van der Waals surface area contributed by atoms with Crippen molar-refractivity contribution in [2.75, 3.05) is 25.9 Å². The zero-order valence-corrected chi connectivity index (χ0v) is 12.1. The van der Waals surface area contributed by atoms with Gasteiger partial charge in [0.15, 0.2) is 0 Å². The van der Waals surface area contributed by atoms with Gasteiger partial charge in [0, 0.05) is 25.8 Å². The van der Waals surface area contributed by atoms with E-state index in [2.05, 4.69) is 0 Å². The van der Waals surface area contributed by atoms with Gasteiger partial charge in [0.25, 0.3) is 0 Å². The minimum absolute atomic E-state index is 0.0175. The molecule has 0 heterocycles. The largest absolute Gasteiger partial charge is 0.346 e. The molecule has 1 rings (SSSR count). The number of carbonyl (C=O) groups is 1. The molecule has 1 aromatic carbocycles. The molecule has 1 aromatic rings. The Hall–Kier alpha value is -1.34. The van der Waals surface area contributed by atoms with Crippen molar-refractivity contribution < 1.29 is 17.8 Å². The first kappa shape index (κ1) is 16.7. The van der Waals surface area contributed by atoms with Crippen LogP contribution in [0, 0.1) is 11.6 Å². The first-order valence-corrected chi connectivity index (χ1v) is 7.55. The van der Waals surface area contributed by atoms with Crippen molar-refractivity contribution in [3.8, 4) is 0 Å². The van der Waals surface area contributed by atoms with Crippen LogP contribution in [-0.2, 0) is 15.6 Å². The van der Waals surface area contributed by atoms with Crippen molar-refractivity contribution in [3.63, 3.8) is 0 Å². The van der Waals surface area contributed by atoms with Crippen LogP contribution in [0.4, 0.5) is 8.78 Å². The molecule has 4 nitrogen and oxygen atoms in total. The molecule has 7 heteroatoms. The van der Waals surface area contributed by atoms with Gasteiger partial charge in [0.2, 0.25) is 5.91 Å². The minimum Gasteiger partial charge on any atom is -0.346 e. The molecule has 2 N–H and O–H groups in total. The van der Waals surface area contributed by atoms with Crippen molar-refractivity contribution in [1.29, 1.82) is 0 Å². The SMILES string of the molecule is CN(CCCN)C(=O)CCS(=O)c1cc(F)ccc1F. The van der Waals surface area contributed by atoms with Crippen LogP contribution in [0.5, 0.6) is 0 Å². The van der Waals surface area contributed by atoms with E-state index >= 15 is 0 Å². The zero-order chi connectivity index (χ0) is 15.1. The Morgan fingerprint density at radius 2 is 2.10 bits per heavy atom. The minimum atomic E-state index is -1.74. The number of halogens is 2. The Morgan fingerprint density at radius 1 is 1.40 bits per heavy atom. The van der Waals surface area contributed by atoms with Crippen LogP contribution >= 0.6 is 0 Å². The van der Waals surface area contributed by atoms with Gasteiger partial charge in [-0.15, -0.1) is 0 Å². The third kappa shape index (κ3) is 4.97. The molecule has 20 heavy (non-hydrogen) atoms. The number of nitrogens with two attached hydrogens (primary N) is 1. The smallest absolute Gasteiger partial charge is 0.223 e. The molecule has 0 aromatic heterocycles. The quantitative estimate of drug-likeness (QED) is 0.825. The number of nitrogens with zero attached hydrogens (tertiary/aromatic N) is 1. The van der Waals surface area contributed by atoms with Crippen molar-refractivity contribution in [2.45, 2.75) is 17.7 Å². The highest BCUT2D eigenvalue weighted by Crippen LogP contribution is 2.15. The van der Waals surface area contributed by atoms with Gasteiger partial charge in [-0.05, 0) is 31.2 Å². The molecular formula is C13H18F2N2O2S. The summed E-state index contributed by atoms with van der Waals surface area (Å²) in [5, 5.41) is 0. The van der Waals surface area contributed by atoms with Gasteiger partial charge in [0.1, 0.15) is 11.6 Å². The zero-order valence-electron chi connectivity index (χ0n) is 11.3. The molecule has 0 radical (unpaired) electrons. The van der Waals surface area contributed by atoms with Gasteiger partial charge in [-0.1, -0.05) is 0 Å². The Bertz CT molecular complexity index is 497. The van der Waals surface area contributed by atoms with Crippen molar-refractivity contribution >= 4 is 16.7 Å². The summed E-state index contributed by atoms with van der Waals surface area (Å²) < 4.78 is 38.3. The number of hydrogen-bond donors (Lipinski definition) is 1. The summed E-state index contributed by atoms with van der Waals surface area (Å²) in [6.45, 7) is 1.01. The predicted molar refractivity (Wildman–Crippen MR) is 73.6 cm³/mol. The monoisotopic (exact) mass is 304 g/mol. The van der Waals surface area contributed by atoms with E-state index in [0.29, 0.717) is 19.5 Å². The van der Waals surface area contributed by atoms with E-state index < -0.39 is 22.4 Å². The number of benzene rings is 1. The predicted octanol–water partition coefficient (Wildman–Crippen LogP) is 1.27. The standard InChI is InChI=1S/C13H18F2N2O2S/c1-17(7-2-6-16)13(18)5-8-20(19)12-9-10(14)3-4-11(12)15/h3-4,9H,2,5-8,16H2,1H3. The second-order valence-electron chi connectivity index (χ2n) is 4.33. The summed E-state index contributed by atoms with van der Waals surface area (Å²) in [7, 11) is -0.107.